The van der Waals surface area contributed by atoms with Crippen LogP contribution in [0.2, 0.25) is 5.02 Å². The number of hydrogen-bond donors (Lipinski definition) is 2. The zero-order valence-electron chi connectivity index (χ0n) is 8.68. The van der Waals surface area contributed by atoms with Gasteiger partial charge in [0.25, 0.3) is 0 Å². The second kappa shape index (κ2) is 6.02. The van der Waals surface area contributed by atoms with Crippen LogP contribution in [0.25, 0.3) is 0 Å². The summed E-state index contributed by atoms with van der Waals surface area (Å²) in [6.07, 6.45) is 1.08. The molecular weight excluding hydrogens is 196 g/mol. The highest BCUT2D eigenvalue weighted by atomic mass is 35.5. The molecule has 1 unspecified atom stereocenters. The Morgan fingerprint density at radius 2 is 1.86 bits per heavy atom. The molecule has 0 saturated heterocycles. The Morgan fingerprint density at radius 3 is 2.36 bits per heavy atom. The van der Waals surface area contributed by atoms with Crippen molar-refractivity contribution in [3.63, 3.8) is 0 Å². The van der Waals surface area contributed by atoms with Crippen LogP contribution in [0.5, 0.6) is 0 Å². The van der Waals surface area contributed by atoms with Crippen LogP contribution in [0.15, 0.2) is 24.3 Å². The summed E-state index contributed by atoms with van der Waals surface area (Å²) in [5, 5.41) is 7.23. The van der Waals surface area contributed by atoms with Gasteiger partial charge in [-0.25, -0.2) is 0 Å². The first-order valence-electron chi connectivity index (χ1n) is 4.85. The van der Waals surface area contributed by atoms with E-state index in [1.807, 2.05) is 26.2 Å². The van der Waals surface area contributed by atoms with Crippen molar-refractivity contribution in [1.82, 2.24) is 10.6 Å². The van der Waals surface area contributed by atoms with E-state index in [1.165, 1.54) is 5.56 Å². The van der Waals surface area contributed by atoms with Crippen LogP contribution >= 0.6 is 11.6 Å². The van der Waals surface area contributed by atoms with E-state index in [-0.39, 0.29) is 0 Å². The molecule has 0 amide bonds. The normalized spacial score (nSPS) is 12.8. The fraction of sp³-hybridized carbons (Fsp3) is 0.455. The van der Waals surface area contributed by atoms with Gasteiger partial charge >= 0.3 is 0 Å². The van der Waals surface area contributed by atoms with Crippen LogP contribution in [-0.2, 0) is 0 Å². The number of nitrogens with one attached hydrogen (secondary N) is 2. The molecular formula is C11H17ClN2. The molecule has 1 aromatic carbocycles. The number of hydrogen-bond acceptors (Lipinski definition) is 2. The second-order valence-electron chi connectivity index (χ2n) is 3.29. The fourth-order valence-corrected chi connectivity index (χ4v) is 1.59. The summed E-state index contributed by atoms with van der Waals surface area (Å²) >= 11 is 5.83. The van der Waals surface area contributed by atoms with Gasteiger partial charge in [0, 0.05) is 11.1 Å². The van der Waals surface area contributed by atoms with E-state index in [0.29, 0.717) is 6.04 Å². The van der Waals surface area contributed by atoms with E-state index in [9.17, 15) is 0 Å². The molecule has 0 fully saturated rings. The van der Waals surface area contributed by atoms with E-state index < -0.39 is 0 Å². The van der Waals surface area contributed by atoms with Gasteiger partial charge in [-0.2, -0.15) is 0 Å². The summed E-state index contributed by atoms with van der Waals surface area (Å²) in [4.78, 5) is 0. The van der Waals surface area contributed by atoms with Crippen LogP contribution in [0.3, 0.4) is 0 Å². The highest BCUT2D eigenvalue weighted by Crippen LogP contribution is 2.18. The van der Waals surface area contributed by atoms with E-state index in [4.69, 9.17) is 11.6 Å². The Hall–Kier alpha value is -0.570. The molecule has 0 spiro atoms. The van der Waals surface area contributed by atoms with Crippen molar-refractivity contribution < 1.29 is 0 Å². The van der Waals surface area contributed by atoms with Gasteiger partial charge in [0.15, 0.2) is 0 Å². The Balaban J connectivity index is 2.64. The van der Waals surface area contributed by atoms with E-state index in [1.54, 1.807) is 0 Å². The van der Waals surface area contributed by atoms with Crippen molar-refractivity contribution >= 4 is 11.6 Å². The van der Waals surface area contributed by atoms with Gasteiger partial charge in [-0.1, -0.05) is 23.7 Å². The minimum absolute atomic E-state index is 0.403. The molecule has 0 saturated carbocycles. The van der Waals surface area contributed by atoms with Crippen molar-refractivity contribution in [2.75, 3.05) is 20.6 Å². The Labute approximate surface area is 90.7 Å². The lowest BCUT2D eigenvalue weighted by molar-refractivity contribution is 0.533. The average molecular weight is 213 g/mol. The van der Waals surface area contributed by atoms with Crippen LogP contribution in [0.1, 0.15) is 18.0 Å². The summed E-state index contributed by atoms with van der Waals surface area (Å²) in [6.45, 7) is 1.01. The van der Waals surface area contributed by atoms with E-state index >= 15 is 0 Å². The lowest BCUT2D eigenvalue weighted by Gasteiger charge is -2.16. The summed E-state index contributed by atoms with van der Waals surface area (Å²) in [5.74, 6) is 0. The Bertz CT molecular complexity index is 258. The molecule has 14 heavy (non-hydrogen) atoms. The number of rotatable bonds is 5. The minimum atomic E-state index is 0.403. The molecule has 78 valence electrons. The quantitative estimate of drug-likeness (QED) is 0.782. The monoisotopic (exact) mass is 212 g/mol. The summed E-state index contributed by atoms with van der Waals surface area (Å²) in [6, 6.07) is 8.40. The molecule has 2 N–H and O–H groups in total. The molecule has 0 radical (unpaired) electrons. The molecule has 0 heterocycles. The topological polar surface area (TPSA) is 24.1 Å². The van der Waals surface area contributed by atoms with Gasteiger partial charge in [-0.15, -0.1) is 0 Å². The van der Waals surface area contributed by atoms with Crippen LogP contribution < -0.4 is 10.6 Å². The zero-order chi connectivity index (χ0) is 10.4. The molecule has 3 heteroatoms. The molecule has 0 aromatic heterocycles. The third-order valence-corrected chi connectivity index (χ3v) is 2.56. The maximum Gasteiger partial charge on any atom is 0.0406 e. The molecule has 0 aliphatic heterocycles. The van der Waals surface area contributed by atoms with Crippen molar-refractivity contribution in [2.45, 2.75) is 12.5 Å². The van der Waals surface area contributed by atoms with Gasteiger partial charge in [0.1, 0.15) is 0 Å². The average Bonchev–Trinajstić information content (AvgIpc) is 2.21. The Kier molecular flexibility index (Phi) is 4.94. The van der Waals surface area contributed by atoms with Gasteiger partial charge in [0.2, 0.25) is 0 Å². The van der Waals surface area contributed by atoms with E-state index in [2.05, 4.69) is 22.8 Å². The van der Waals surface area contributed by atoms with Crippen molar-refractivity contribution in [3.05, 3.63) is 34.9 Å². The van der Waals surface area contributed by atoms with Crippen LogP contribution in [-0.4, -0.2) is 20.6 Å². The number of halogens is 1. The smallest absolute Gasteiger partial charge is 0.0406 e. The molecule has 0 bridgehead atoms. The summed E-state index contributed by atoms with van der Waals surface area (Å²) < 4.78 is 0. The minimum Gasteiger partial charge on any atom is -0.320 e. The molecule has 1 aromatic rings. The summed E-state index contributed by atoms with van der Waals surface area (Å²) in [5.41, 5.74) is 1.28. The maximum atomic E-state index is 5.83. The standard InChI is InChI=1S/C11H17ClN2/c1-13-8-7-11(14-2)9-3-5-10(12)6-4-9/h3-6,11,13-14H,7-8H2,1-2H3. The second-order valence-corrected chi connectivity index (χ2v) is 3.72. The lowest BCUT2D eigenvalue weighted by Crippen LogP contribution is -2.21. The van der Waals surface area contributed by atoms with Gasteiger partial charge in [-0.3, -0.25) is 0 Å². The largest absolute Gasteiger partial charge is 0.320 e. The first-order valence-corrected chi connectivity index (χ1v) is 5.23. The zero-order valence-corrected chi connectivity index (χ0v) is 9.43. The Morgan fingerprint density at radius 1 is 1.21 bits per heavy atom. The number of benzene rings is 1. The molecule has 0 aliphatic rings. The third-order valence-electron chi connectivity index (χ3n) is 2.30. The molecule has 2 nitrogen and oxygen atoms in total. The maximum absolute atomic E-state index is 5.83. The van der Waals surface area contributed by atoms with Crippen molar-refractivity contribution in [3.8, 4) is 0 Å². The van der Waals surface area contributed by atoms with Gasteiger partial charge in [-0.05, 0) is 44.8 Å². The SMILES string of the molecule is CNCCC(NC)c1ccc(Cl)cc1. The predicted molar refractivity (Wildman–Crippen MR) is 61.8 cm³/mol. The highest BCUT2D eigenvalue weighted by Gasteiger charge is 2.07. The fourth-order valence-electron chi connectivity index (χ4n) is 1.46. The van der Waals surface area contributed by atoms with Crippen LogP contribution in [0.4, 0.5) is 0 Å². The van der Waals surface area contributed by atoms with E-state index in [0.717, 1.165) is 18.0 Å². The van der Waals surface area contributed by atoms with Crippen LogP contribution in [0, 0.1) is 0 Å². The highest BCUT2D eigenvalue weighted by molar-refractivity contribution is 6.30. The molecule has 0 aliphatic carbocycles. The van der Waals surface area contributed by atoms with Gasteiger partial charge < -0.3 is 10.6 Å². The van der Waals surface area contributed by atoms with Crippen molar-refractivity contribution in [1.29, 1.82) is 0 Å². The van der Waals surface area contributed by atoms with Gasteiger partial charge in [0.05, 0.1) is 0 Å². The van der Waals surface area contributed by atoms with Crippen molar-refractivity contribution in [2.24, 2.45) is 0 Å². The molecule has 1 atom stereocenters. The predicted octanol–water partition coefficient (Wildman–Crippen LogP) is 2.21. The first-order chi connectivity index (χ1) is 6.77. The first kappa shape index (κ1) is 11.5. The lowest BCUT2D eigenvalue weighted by atomic mass is 10.0. The third kappa shape index (κ3) is 3.29. The summed E-state index contributed by atoms with van der Waals surface area (Å²) in [7, 11) is 3.95. The molecule has 1 rings (SSSR count).